The van der Waals surface area contributed by atoms with Gasteiger partial charge in [0, 0.05) is 6.04 Å². The number of nitrogens with zero attached hydrogens (tertiary/aromatic N) is 2. The lowest BCUT2D eigenvalue weighted by molar-refractivity contribution is -0.124. The first-order valence-corrected chi connectivity index (χ1v) is 5.56. The summed E-state index contributed by atoms with van der Waals surface area (Å²) in [6.45, 7) is 3.91. The molecular weight excluding hydrogens is 190 g/mol. The van der Waals surface area contributed by atoms with E-state index < -0.39 is 5.92 Å². The first-order valence-electron chi connectivity index (χ1n) is 5.56. The molecule has 1 N–H and O–H groups in total. The van der Waals surface area contributed by atoms with Crippen molar-refractivity contribution in [2.45, 2.75) is 32.2 Å². The molecule has 1 saturated heterocycles. The molecule has 0 aromatic heterocycles. The van der Waals surface area contributed by atoms with Crippen LogP contribution in [0.25, 0.3) is 0 Å². The Balaban J connectivity index is 2.35. The van der Waals surface area contributed by atoms with Gasteiger partial charge in [-0.15, -0.1) is 0 Å². The summed E-state index contributed by atoms with van der Waals surface area (Å²) in [5, 5.41) is 11.7. The number of carbonyl (C=O) groups excluding carboxylic acids is 1. The molecule has 0 aliphatic carbocycles. The van der Waals surface area contributed by atoms with E-state index in [2.05, 4.69) is 17.3 Å². The van der Waals surface area contributed by atoms with Crippen molar-refractivity contribution in [2.75, 3.05) is 20.1 Å². The van der Waals surface area contributed by atoms with Crippen LogP contribution in [-0.2, 0) is 4.79 Å². The molecule has 15 heavy (non-hydrogen) atoms. The van der Waals surface area contributed by atoms with Crippen molar-refractivity contribution in [1.29, 1.82) is 5.26 Å². The van der Waals surface area contributed by atoms with Gasteiger partial charge in [-0.05, 0) is 39.4 Å². The summed E-state index contributed by atoms with van der Waals surface area (Å²) >= 11 is 0. The highest BCUT2D eigenvalue weighted by Gasteiger charge is 2.22. The second kappa shape index (κ2) is 5.72. The van der Waals surface area contributed by atoms with Gasteiger partial charge in [-0.1, -0.05) is 6.92 Å². The molecule has 1 aliphatic rings. The van der Waals surface area contributed by atoms with Gasteiger partial charge in [0.1, 0.15) is 5.92 Å². The second-order valence-corrected chi connectivity index (χ2v) is 4.18. The zero-order valence-corrected chi connectivity index (χ0v) is 9.49. The molecule has 1 amide bonds. The van der Waals surface area contributed by atoms with Gasteiger partial charge in [0.05, 0.1) is 6.07 Å². The quantitative estimate of drug-likeness (QED) is 0.746. The van der Waals surface area contributed by atoms with Crippen LogP contribution in [0.15, 0.2) is 0 Å². The third-order valence-electron chi connectivity index (χ3n) is 2.95. The Morgan fingerprint density at radius 3 is 2.67 bits per heavy atom. The summed E-state index contributed by atoms with van der Waals surface area (Å²) in [6.07, 6.45) is 2.57. The number of nitrogens with one attached hydrogen (secondary N) is 1. The summed E-state index contributed by atoms with van der Waals surface area (Å²) in [6, 6.07) is 2.29. The molecule has 1 heterocycles. The maximum Gasteiger partial charge on any atom is 0.237 e. The number of piperidine rings is 1. The van der Waals surface area contributed by atoms with Crippen molar-refractivity contribution in [1.82, 2.24) is 10.2 Å². The number of likely N-dealkylation sites (tertiary alicyclic amines) is 1. The van der Waals surface area contributed by atoms with Crippen LogP contribution in [0, 0.1) is 17.2 Å². The number of hydrogen-bond acceptors (Lipinski definition) is 3. The Kier molecular flexibility index (Phi) is 4.57. The smallest absolute Gasteiger partial charge is 0.237 e. The van der Waals surface area contributed by atoms with Gasteiger partial charge in [-0.2, -0.15) is 5.26 Å². The molecule has 84 valence electrons. The zero-order valence-electron chi connectivity index (χ0n) is 9.49. The highest BCUT2D eigenvalue weighted by molar-refractivity contribution is 5.81. The van der Waals surface area contributed by atoms with Crippen LogP contribution in [0.3, 0.4) is 0 Å². The second-order valence-electron chi connectivity index (χ2n) is 4.18. The zero-order chi connectivity index (χ0) is 11.3. The standard InChI is InChI=1S/C11H19N3O/c1-3-9(8-12)11(15)13-10-4-6-14(2)7-5-10/h9-10H,3-7H2,1-2H3,(H,13,15). The fourth-order valence-electron chi connectivity index (χ4n) is 1.79. The van der Waals surface area contributed by atoms with E-state index in [0.717, 1.165) is 25.9 Å². The normalized spacial score (nSPS) is 20.6. The maximum absolute atomic E-state index is 11.6. The summed E-state index contributed by atoms with van der Waals surface area (Å²) in [5.41, 5.74) is 0. The Hall–Kier alpha value is -1.08. The van der Waals surface area contributed by atoms with Crippen LogP contribution in [0.2, 0.25) is 0 Å². The maximum atomic E-state index is 11.6. The van der Waals surface area contributed by atoms with E-state index in [1.54, 1.807) is 0 Å². The van der Waals surface area contributed by atoms with Crippen LogP contribution in [0.5, 0.6) is 0 Å². The minimum Gasteiger partial charge on any atom is -0.352 e. The average Bonchev–Trinajstić information content (AvgIpc) is 2.23. The summed E-state index contributed by atoms with van der Waals surface area (Å²) in [5.74, 6) is -0.584. The topological polar surface area (TPSA) is 56.1 Å². The number of carbonyl (C=O) groups is 1. The van der Waals surface area contributed by atoms with Crippen molar-refractivity contribution in [3.8, 4) is 6.07 Å². The van der Waals surface area contributed by atoms with Gasteiger partial charge < -0.3 is 10.2 Å². The molecule has 0 spiro atoms. The Morgan fingerprint density at radius 2 is 2.20 bits per heavy atom. The van der Waals surface area contributed by atoms with E-state index in [0.29, 0.717) is 6.42 Å². The number of nitriles is 1. The molecule has 1 aliphatic heterocycles. The van der Waals surface area contributed by atoms with E-state index in [-0.39, 0.29) is 11.9 Å². The predicted molar refractivity (Wildman–Crippen MR) is 58.1 cm³/mol. The van der Waals surface area contributed by atoms with Crippen LogP contribution in [0.1, 0.15) is 26.2 Å². The largest absolute Gasteiger partial charge is 0.352 e. The third kappa shape index (κ3) is 3.52. The number of hydrogen-bond donors (Lipinski definition) is 1. The van der Waals surface area contributed by atoms with Gasteiger partial charge in [0.15, 0.2) is 0 Å². The minimum atomic E-state index is -0.482. The lowest BCUT2D eigenvalue weighted by Gasteiger charge is -2.29. The molecule has 1 atom stereocenters. The Labute approximate surface area is 91.2 Å². The van der Waals surface area contributed by atoms with Gasteiger partial charge in [-0.3, -0.25) is 4.79 Å². The molecule has 0 aromatic rings. The van der Waals surface area contributed by atoms with Crippen molar-refractivity contribution >= 4 is 5.91 Å². The molecule has 0 bridgehead atoms. The minimum absolute atomic E-state index is 0.102. The van der Waals surface area contributed by atoms with Crippen LogP contribution >= 0.6 is 0 Å². The summed E-state index contributed by atoms with van der Waals surface area (Å²) < 4.78 is 0. The van der Waals surface area contributed by atoms with E-state index in [4.69, 9.17) is 5.26 Å². The molecule has 4 nitrogen and oxygen atoms in total. The van der Waals surface area contributed by atoms with E-state index in [9.17, 15) is 4.79 Å². The van der Waals surface area contributed by atoms with Gasteiger partial charge in [0.25, 0.3) is 0 Å². The van der Waals surface area contributed by atoms with Crippen molar-refractivity contribution in [2.24, 2.45) is 5.92 Å². The molecule has 0 radical (unpaired) electrons. The Morgan fingerprint density at radius 1 is 1.60 bits per heavy atom. The van der Waals surface area contributed by atoms with Gasteiger partial charge in [-0.25, -0.2) is 0 Å². The fourth-order valence-corrected chi connectivity index (χ4v) is 1.79. The predicted octanol–water partition coefficient (Wildman–Crippen LogP) is 0.747. The molecule has 4 heteroatoms. The SMILES string of the molecule is CCC(C#N)C(=O)NC1CCN(C)CC1. The molecule has 0 aromatic carbocycles. The molecule has 0 saturated carbocycles. The van der Waals surface area contributed by atoms with Crippen LogP contribution in [0.4, 0.5) is 0 Å². The first kappa shape index (κ1) is 12.0. The third-order valence-corrected chi connectivity index (χ3v) is 2.95. The van der Waals surface area contributed by atoms with E-state index in [1.165, 1.54) is 0 Å². The number of rotatable bonds is 3. The van der Waals surface area contributed by atoms with E-state index in [1.807, 2.05) is 13.0 Å². The summed E-state index contributed by atoms with van der Waals surface area (Å²) in [7, 11) is 2.09. The van der Waals surface area contributed by atoms with Gasteiger partial charge >= 0.3 is 0 Å². The van der Waals surface area contributed by atoms with Crippen molar-refractivity contribution < 1.29 is 4.79 Å². The fraction of sp³-hybridized carbons (Fsp3) is 0.818. The van der Waals surface area contributed by atoms with Gasteiger partial charge in [0.2, 0.25) is 5.91 Å². The number of amides is 1. The highest BCUT2D eigenvalue weighted by atomic mass is 16.1. The Bertz CT molecular complexity index is 251. The average molecular weight is 209 g/mol. The molecular formula is C11H19N3O. The van der Waals surface area contributed by atoms with Crippen LogP contribution in [-0.4, -0.2) is 37.0 Å². The lowest BCUT2D eigenvalue weighted by atomic mass is 10.0. The highest BCUT2D eigenvalue weighted by Crippen LogP contribution is 2.10. The monoisotopic (exact) mass is 209 g/mol. The van der Waals surface area contributed by atoms with Crippen molar-refractivity contribution in [3.05, 3.63) is 0 Å². The molecule has 1 fully saturated rings. The van der Waals surface area contributed by atoms with E-state index >= 15 is 0 Å². The lowest BCUT2D eigenvalue weighted by Crippen LogP contribution is -2.45. The first-order chi connectivity index (χ1) is 7.17. The molecule has 1 rings (SSSR count). The summed E-state index contributed by atoms with van der Waals surface area (Å²) in [4.78, 5) is 13.9. The van der Waals surface area contributed by atoms with Crippen LogP contribution < -0.4 is 5.32 Å². The van der Waals surface area contributed by atoms with Crippen molar-refractivity contribution in [3.63, 3.8) is 0 Å². The molecule has 1 unspecified atom stereocenters.